The first-order valence-electron chi connectivity index (χ1n) is 10.7. The SMILES string of the molecule is CN1CCC(n2cc(-c3cc4nccnc4c(NC[C@@H]4CNCCO4)n3)cn2)CC1. The second kappa shape index (κ2) is 8.63. The smallest absolute Gasteiger partial charge is 0.154 e. The third-order valence-electron chi connectivity index (χ3n) is 5.92. The van der Waals surface area contributed by atoms with Gasteiger partial charge in [0.05, 0.1) is 36.2 Å². The van der Waals surface area contributed by atoms with Crippen LogP contribution in [0.4, 0.5) is 5.82 Å². The number of ether oxygens (including phenoxy) is 1. The van der Waals surface area contributed by atoms with Gasteiger partial charge in [0.2, 0.25) is 0 Å². The number of nitrogens with zero attached hydrogens (tertiary/aromatic N) is 6. The molecule has 0 amide bonds. The van der Waals surface area contributed by atoms with Crippen molar-refractivity contribution in [2.24, 2.45) is 0 Å². The molecule has 0 aliphatic carbocycles. The number of pyridine rings is 1. The Morgan fingerprint density at radius 2 is 2.10 bits per heavy atom. The quantitative estimate of drug-likeness (QED) is 0.657. The fourth-order valence-electron chi connectivity index (χ4n) is 4.13. The van der Waals surface area contributed by atoms with E-state index in [1.807, 2.05) is 12.3 Å². The van der Waals surface area contributed by atoms with Gasteiger partial charge in [0, 0.05) is 43.8 Å². The number of likely N-dealkylation sites (tertiary alicyclic amines) is 1. The number of aromatic nitrogens is 5. The number of fused-ring (bicyclic) bond motifs is 1. The largest absolute Gasteiger partial charge is 0.374 e. The van der Waals surface area contributed by atoms with Gasteiger partial charge in [-0.3, -0.25) is 9.67 Å². The summed E-state index contributed by atoms with van der Waals surface area (Å²) in [6.07, 6.45) is 9.78. The summed E-state index contributed by atoms with van der Waals surface area (Å²) >= 11 is 0. The highest BCUT2D eigenvalue weighted by atomic mass is 16.5. The van der Waals surface area contributed by atoms with E-state index >= 15 is 0 Å². The minimum absolute atomic E-state index is 0.114. The highest BCUT2D eigenvalue weighted by Gasteiger charge is 2.20. The van der Waals surface area contributed by atoms with Crippen LogP contribution in [0.5, 0.6) is 0 Å². The Kier molecular flexibility index (Phi) is 5.56. The monoisotopic (exact) mass is 408 g/mol. The molecule has 0 spiro atoms. The van der Waals surface area contributed by atoms with Crippen LogP contribution in [-0.4, -0.2) is 82.1 Å². The van der Waals surface area contributed by atoms with Gasteiger partial charge in [-0.25, -0.2) is 9.97 Å². The predicted octanol–water partition coefficient (Wildman–Crippen LogP) is 1.56. The van der Waals surface area contributed by atoms with E-state index in [4.69, 9.17) is 9.72 Å². The molecular weight excluding hydrogens is 380 g/mol. The summed E-state index contributed by atoms with van der Waals surface area (Å²) in [6, 6.07) is 2.44. The summed E-state index contributed by atoms with van der Waals surface area (Å²) in [5, 5.41) is 11.4. The molecule has 2 saturated heterocycles. The van der Waals surface area contributed by atoms with Crippen LogP contribution in [0, 0.1) is 0 Å². The molecule has 2 fully saturated rings. The Morgan fingerprint density at radius 1 is 1.23 bits per heavy atom. The van der Waals surface area contributed by atoms with Crippen molar-refractivity contribution in [2.45, 2.75) is 25.0 Å². The molecule has 5 heterocycles. The first-order chi connectivity index (χ1) is 14.8. The van der Waals surface area contributed by atoms with Crippen molar-refractivity contribution in [1.29, 1.82) is 0 Å². The van der Waals surface area contributed by atoms with Crippen molar-refractivity contribution in [2.75, 3.05) is 51.7 Å². The Balaban J connectivity index is 1.40. The molecule has 5 rings (SSSR count). The minimum atomic E-state index is 0.114. The molecule has 0 aromatic carbocycles. The van der Waals surface area contributed by atoms with Crippen molar-refractivity contribution in [3.8, 4) is 11.3 Å². The van der Waals surface area contributed by atoms with Gasteiger partial charge in [-0.05, 0) is 39.0 Å². The third-order valence-corrected chi connectivity index (χ3v) is 5.92. The normalized spacial score (nSPS) is 21.2. The van der Waals surface area contributed by atoms with E-state index in [9.17, 15) is 0 Å². The zero-order valence-electron chi connectivity index (χ0n) is 17.3. The second-order valence-electron chi connectivity index (χ2n) is 8.10. The van der Waals surface area contributed by atoms with E-state index in [2.05, 4.69) is 48.5 Å². The molecule has 3 aromatic rings. The van der Waals surface area contributed by atoms with Gasteiger partial charge in [-0.2, -0.15) is 5.10 Å². The van der Waals surface area contributed by atoms with Gasteiger partial charge in [0.25, 0.3) is 0 Å². The fourth-order valence-corrected chi connectivity index (χ4v) is 4.13. The highest BCUT2D eigenvalue weighted by Crippen LogP contribution is 2.27. The number of anilines is 1. The van der Waals surface area contributed by atoms with Crippen molar-refractivity contribution in [3.63, 3.8) is 0 Å². The van der Waals surface area contributed by atoms with Crippen LogP contribution >= 0.6 is 0 Å². The van der Waals surface area contributed by atoms with Gasteiger partial charge < -0.3 is 20.3 Å². The topological polar surface area (TPSA) is 93.0 Å². The Labute approximate surface area is 175 Å². The number of nitrogens with one attached hydrogen (secondary N) is 2. The van der Waals surface area contributed by atoms with Crippen molar-refractivity contribution in [3.05, 3.63) is 30.9 Å². The summed E-state index contributed by atoms with van der Waals surface area (Å²) < 4.78 is 7.90. The van der Waals surface area contributed by atoms with Crippen LogP contribution in [0.1, 0.15) is 18.9 Å². The molecule has 30 heavy (non-hydrogen) atoms. The van der Waals surface area contributed by atoms with E-state index in [1.54, 1.807) is 12.4 Å². The second-order valence-corrected chi connectivity index (χ2v) is 8.10. The molecule has 158 valence electrons. The predicted molar refractivity (Wildman–Crippen MR) is 115 cm³/mol. The maximum Gasteiger partial charge on any atom is 0.154 e. The number of hydrogen-bond acceptors (Lipinski definition) is 8. The summed E-state index contributed by atoms with van der Waals surface area (Å²) in [7, 11) is 2.17. The third kappa shape index (κ3) is 4.14. The van der Waals surface area contributed by atoms with Crippen LogP contribution in [0.3, 0.4) is 0 Å². The Bertz CT molecular complexity index is 992. The molecule has 0 radical (unpaired) electrons. The molecule has 2 aliphatic heterocycles. The Hall–Kier alpha value is -2.62. The highest BCUT2D eigenvalue weighted by molar-refractivity contribution is 5.88. The van der Waals surface area contributed by atoms with E-state index in [0.717, 1.165) is 73.7 Å². The first-order valence-corrected chi connectivity index (χ1v) is 10.7. The number of hydrogen-bond donors (Lipinski definition) is 2. The van der Waals surface area contributed by atoms with Crippen LogP contribution in [0.2, 0.25) is 0 Å². The molecule has 0 bridgehead atoms. The fraction of sp³-hybridized carbons (Fsp3) is 0.524. The minimum Gasteiger partial charge on any atom is -0.374 e. The van der Waals surface area contributed by atoms with Crippen molar-refractivity contribution >= 4 is 16.9 Å². The zero-order chi connectivity index (χ0) is 20.3. The first kappa shape index (κ1) is 19.3. The lowest BCUT2D eigenvalue weighted by Gasteiger charge is -2.28. The lowest BCUT2D eigenvalue weighted by molar-refractivity contribution is 0.0372. The maximum absolute atomic E-state index is 5.80. The molecule has 2 N–H and O–H groups in total. The number of morpholine rings is 1. The van der Waals surface area contributed by atoms with Crippen LogP contribution in [0.25, 0.3) is 22.3 Å². The molecule has 3 aromatic heterocycles. The lowest BCUT2D eigenvalue weighted by Crippen LogP contribution is -2.42. The van der Waals surface area contributed by atoms with E-state index in [1.165, 1.54) is 0 Å². The summed E-state index contributed by atoms with van der Waals surface area (Å²) in [5.41, 5.74) is 3.44. The van der Waals surface area contributed by atoms with Gasteiger partial charge in [-0.1, -0.05) is 0 Å². The van der Waals surface area contributed by atoms with Crippen LogP contribution in [-0.2, 0) is 4.74 Å². The van der Waals surface area contributed by atoms with E-state index in [-0.39, 0.29) is 6.10 Å². The standard InChI is InChI=1S/C21H28N8O/c1-28-7-2-16(3-8-28)29-14-15(11-26-29)18-10-19-20(24-5-4-23-19)21(27-18)25-13-17-12-22-6-9-30-17/h4-5,10-11,14,16-17,22H,2-3,6-9,12-13H2,1H3,(H,25,27)/t17-/m0/s1. The molecule has 9 nitrogen and oxygen atoms in total. The van der Waals surface area contributed by atoms with Gasteiger partial charge in [0.15, 0.2) is 5.82 Å². The molecule has 1 atom stereocenters. The van der Waals surface area contributed by atoms with Gasteiger partial charge in [0.1, 0.15) is 5.52 Å². The average Bonchev–Trinajstić information content (AvgIpc) is 3.29. The summed E-state index contributed by atoms with van der Waals surface area (Å²) in [4.78, 5) is 16.2. The summed E-state index contributed by atoms with van der Waals surface area (Å²) in [6.45, 7) is 5.35. The van der Waals surface area contributed by atoms with E-state index < -0.39 is 0 Å². The molecule has 2 aliphatic rings. The van der Waals surface area contributed by atoms with Crippen LogP contribution < -0.4 is 10.6 Å². The Morgan fingerprint density at radius 3 is 2.93 bits per heavy atom. The van der Waals surface area contributed by atoms with Gasteiger partial charge >= 0.3 is 0 Å². The average molecular weight is 409 g/mol. The molecule has 0 unspecified atom stereocenters. The maximum atomic E-state index is 5.80. The van der Waals surface area contributed by atoms with Gasteiger partial charge in [-0.15, -0.1) is 0 Å². The van der Waals surface area contributed by atoms with Crippen molar-refractivity contribution in [1.82, 2.24) is 34.9 Å². The number of piperidine rings is 1. The van der Waals surface area contributed by atoms with Crippen molar-refractivity contribution < 1.29 is 4.74 Å². The van der Waals surface area contributed by atoms with E-state index in [0.29, 0.717) is 12.6 Å². The number of rotatable bonds is 5. The molecule has 0 saturated carbocycles. The summed E-state index contributed by atoms with van der Waals surface area (Å²) in [5.74, 6) is 0.733. The zero-order valence-corrected chi connectivity index (χ0v) is 17.3. The molecule has 9 heteroatoms. The van der Waals surface area contributed by atoms with Crippen LogP contribution in [0.15, 0.2) is 30.9 Å². The lowest BCUT2D eigenvalue weighted by atomic mass is 10.1. The molecular formula is C21H28N8O.